The van der Waals surface area contributed by atoms with E-state index in [-0.39, 0.29) is 6.04 Å². The highest BCUT2D eigenvalue weighted by atomic mass is 16.5. The second-order valence-electron chi connectivity index (χ2n) is 5.77. The molecule has 0 aliphatic heterocycles. The summed E-state index contributed by atoms with van der Waals surface area (Å²) in [6.45, 7) is 2.62. The lowest BCUT2D eigenvalue weighted by Crippen LogP contribution is -2.29. The van der Waals surface area contributed by atoms with Crippen molar-refractivity contribution in [3.05, 3.63) is 53.6 Å². The molecule has 0 saturated heterocycles. The average Bonchev–Trinajstić information content (AvgIpc) is 2.55. The van der Waals surface area contributed by atoms with Crippen LogP contribution in [0, 0.1) is 0 Å². The molecule has 1 aliphatic carbocycles. The Morgan fingerprint density at radius 3 is 2.65 bits per heavy atom. The number of carbonyl (C=O) groups is 1. The summed E-state index contributed by atoms with van der Waals surface area (Å²) < 4.78 is 5.47. The molecule has 1 aliphatic rings. The third-order valence-electron chi connectivity index (χ3n) is 4.26. The van der Waals surface area contributed by atoms with Crippen LogP contribution in [-0.2, 0) is 6.42 Å². The number of amides is 1. The van der Waals surface area contributed by atoms with Crippen molar-refractivity contribution in [2.45, 2.75) is 32.2 Å². The van der Waals surface area contributed by atoms with Gasteiger partial charge in [-0.1, -0.05) is 24.3 Å². The predicted octanol–water partition coefficient (Wildman–Crippen LogP) is 4.40. The molecule has 0 saturated carbocycles. The molecule has 23 heavy (non-hydrogen) atoms. The van der Waals surface area contributed by atoms with Gasteiger partial charge in [0.25, 0.3) is 0 Å². The summed E-state index contributed by atoms with van der Waals surface area (Å²) in [7, 11) is 0. The average molecular weight is 311 g/mol. The molecule has 1 amide bonds. The van der Waals surface area contributed by atoms with Crippen molar-refractivity contribution in [1.82, 2.24) is 5.32 Å². The van der Waals surface area contributed by atoms with Crippen LogP contribution in [0.5, 0.6) is 5.75 Å². The van der Waals surface area contributed by atoms with Gasteiger partial charge in [-0.25, -0.2) is 4.79 Å². The zero-order valence-corrected chi connectivity index (χ0v) is 13.2. The molecule has 0 bridgehead atoms. The van der Waals surface area contributed by atoms with Crippen LogP contribution in [-0.4, -0.2) is 17.8 Å². The number of aryl methyl sites for hydroxylation is 1. The second kappa shape index (κ2) is 6.73. The molecule has 120 valence electrons. The first-order valence-electron chi connectivity index (χ1n) is 8.03. The van der Waals surface area contributed by atoms with Gasteiger partial charge in [0, 0.05) is 0 Å². The maximum atomic E-state index is 11.0. The molecular weight excluding hydrogens is 290 g/mol. The molecule has 0 aromatic heterocycles. The maximum absolute atomic E-state index is 11.0. The number of hydrogen-bond donors (Lipinski definition) is 2. The van der Waals surface area contributed by atoms with E-state index in [2.05, 4.69) is 23.5 Å². The van der Waals surface area contributed by atoms with Gasteiger partial charge in [0.15, 0.2) is 0 Å². The number of hydrogen-bond acceptors (Lipinski definition) is 2. The maximum Gasteiger partial charge on any atom is 0.405 e. The lowest BCUT2D eigenvalue weighted by atomic mass is 9.85. The lowest BCUT2D eigenvalue weighted by Gasteiger charge is -2.26. The van der Waals surface area contributed by atoms with Crippen molar-refractivity contribution < 1.29 is 14.6 Å². The van der Waals surface area contributed by atoms with Gasteiger partial charge >= 0.3 is 6.09 Å². The number of nitrogens with one attached hydrogen (secondary N) is 1. The van der Waals surface area contributed by atoms with Gasteiger partial charge in [0.05, 0.1) is 12.6 Å². The Morgan fingerprint density at radius 2 is 1.96 bits per heavy atom. The van der Waals surface area contributed by atoms with Crippen molar-refractivity contribution in [1.29, 1.82) is 0 Å². The SMILES string of the molecule is CCOc1ccc(-c2ccc3c(c2)[C@@H](NC(=O)O)CCC3)cc1. The smallest absolute Gasteiger partial charge is 0.405 e. The van der Waals surface area contributed by atoms with Gasteiger partial charge < -0.3 is 15.2 Å². The molecule has 4 heteroatoms. The molecule has 0 unspecified atom stereocenters. The number of ether oxygens (including phenoxy) is 1. The van der Waals surface area contributed by atoms with E-state index < -0.39 is 6.09 Å². The fourth-order valence-corrected chi connectivity index (χ4v) is 3.19. The van der Waals surface area contributed by atoms with Crippen molar-refractivity contribution in [3.8, 4) is 16.9 Å². The van der Waals surface area contributed by atoms with Gasteiger partial charge in [0.1, 0.15) is 5.75 Å². The predicted molar refractivity (Wildman–Crippen MR) is 89.9 cm³/mol. The Kier molecular flexibility index (Phi) is 4.51. The topological polar surface area (TPSA) is 58.6 Å². The van der Waals surface area contributed by atoms with E-state index >= 15 is 0 Å². The lowest BCUT2D eigenvalue weighted by molar-refractivity contribution is 0.188. The highest BCUT2D eigenvalue weighted by Crippen LogP contribution is 2.33. The Morgan fingerprint density at radius 1 is 1.22 bits per heavy atom. The van der Waals surface area contributed by atoms with Gasteiger partial charge in [-0.05, 0) is 66.6 Å². The number of fused-ring (bicyclic) bond motifs is 1. The Hall–Kier alpha value is -2.49. The van der Waals surface area contributed by atoms with Gasteiger partial charge in [-0.15, -0.1) is 0 Å². The van der Waals surface area contributed by atoms with Gasteiger partial charge in [0.2, 0.25) is 0 Å². The number of rotatable bonds is 4. The monoisotopic (exact) mass is 311 g/mol. The third-order valence-corrected chi connectivity index (χ3v) is 4.26. The third kappa shape index (κ3) is 3.47. The van der Waals surface area contributed by atoms with Crippen LogP contribution >= 0.6 is 0 Å². The highest BCUT2D eigenvalue weighted by molar-refractivity contribution is 5.68. The van der Waals surface area contributed by atoms with Gasteiger partial charge in [-0.2, -0.15) is 0 Å². The van der Waals surface area contributed by atoms with Crippen molar-refractivity contribution >= 4 is 6.09 Å². The molecule has 3 rings (SSSR count). The van der Waals surface area contributed by atoms with Crippen LogP contribution in [0.3, 0.4) is 0 Å². The first kappa shape index (κ1) is 15.4. The van der Waals surface area contributed by atoms with Crippen LogP contribution in [0.15, 0.2) is 42.5 Å². The van der Waals surface area contributed by atoms with Crippen LogP contribution in [0.25, 0.3) is 11.1 Å². The first-order valence-corrected chi connectivity index (χ1v) is 8.03. The van der Waals surface area contributed by atoms with Crippen molar-refractivity contribution in [2.24, 2.45) is 0 Å². The second-order valence-corrected chi connectivity index (χ2v) is 5.77. The standard InChI is InChI=1S/C19H21NO3/c1-2-23-16-10-8-13(9-11-16)15-7-6-14-4-3-5-18(17(14)12-15)20-19(21)22/h6-12,18,20H,2-5H2,1H3,(H,21,22)/t18-/m0/s1. The first-order chi connectivity index (χ1) is 11.2. The summed E-state index contributed by atoms with van der Waals surface area (Å²) in [4.78, 5) is 11.0. The van der Waals surface area contributed by atoms with E-state index in [0.29, 0.717) is 6.61 Å². The molecule has 0 radical (unpaired) electrons. The van der Waals surface area contributed by atoms with Crippen LogP contribution < -0.4 is 10.1 Å². The minimum atomic E-state index is -0.964. The molecule has 0 spiro atoms. The molecule has 4 nitrogen and oxygen atoms in total. The molecular formula is C19H21NO3. The number of carboxylic acid groups (broad SMARTS) is 1. The summed E-state index contributed by atoms with van der Waals surface area (Å²) in [5, 5.41) is 11.7. The van der Waals surface area contributed by atoms with E-state index in [0.717, 1.165) is 41.7 Å². The Balaban J connectivity index is 1.91. The fraction of sp³-hybridized carbons (Fsp3) is 0.316. The summed E-state index contributed by atoms with van der Waals surface area (Å²) in [6.07, 6.45) is 1.91. The molecule has 1 atom stereocenters. The molecule has 2 aromatic rings. The van der Waals surface area contributed by atoms with Crippen LogP contribution in [0.1, 0.15) is 36.9 Å². The summed E-state index contributed by atoms with van der Waals surface area (Å²) >= 11 is 0. The molecule has 2 aromatic carbocycles. The minimum Gasteiger partial charge on any atom is -0.494 e. The van der Waals surface area contributed by atoms with Crippen LogP contribution in [0.2, 0.25) is 0 Å². The van der Waals surface area contributed by atoms with Crippen LogP contribution in [0.4, 0.5) is 4.79 Å². The number of benzene rings is 2. The summed E-state index contributed by atoms with van der Waals surface area (Å²) in [5.41, 5.74) is 4.55. The van der Waals surface area contributed by atoms with E-state index in [1.54, 1.807) is 0 Å². The normalized spacial score (nSPS) is 16.5. The zero-order valence-electron chi connectivity index (χ0n) is 13.2. The summed E-state index contributed by atoms with van der Waals surface area (Å²) in [5.74, 6) is 0.861. The van der Waals surface area contributed by atoms with E-state index in [1.807, 2.05) is 31.2 Å². The quantitative estimate of drug-likeness (QED) is 0.880. The fourth-order valence-electron chi connectivity index (χ4n) is 3.19. The molecule has 2 N–H and O–H groups in total. The largest absolute Gasteiger partial charge is 0.494 e. The van der Waals surface area contributed by atoms with Gasteiger partial charge in [-0.3, -0.25) is 0 Å². The minimum absolute atomic E-state index is 0.112. The molecule has 0 heterocycles. The highest BCUT2D eigenvalue weighted by Gasteiger charge is 2.22. The Bertz CT molecular complexity index is 694. The van der Waals surface area contributed by atoms with E-state index in [1.165, 1.54) is 5.56 Å². The van der Waals surface area contributed by atoms with E-state index in [4.69, 9.17) is 9.84 Å². The molecule has 0 fully saturated rings. The van der Waals surface area contributed by atoms with Crippen molar-refractivity contribution in [2.75, 3.05) is 6.61 Å². The van der Waals surface area contributed by atoms with E-state index in [9.17, 15) is 4.79 Å². The Labute approximate surface area is 136 Å². The summed E-state index contributed by atoms with van der Waals surface area (Å²) in [6, 6.07) is 14.2. The zero-order chi connectivity index (χ0) is 16.2. The van der Waals surface area contributed by atoms with Crippen molar-refractivity contribution in [3.63, 3.8) is 0 Å².